The van der Waals surface area contributed by atoms with E-state index in [1.807, 2.05) is 0 Å². The molecule has 0 atom stereocenters. The van der Waals surface area contributed by atoms with Crippen LogP contribution < -0.4 is 0 Å². The summed E-state index contributed by atoms with van der Waals surface area (Å²) in [5.74, 6) is 1.01. The van der Waals surface area contributed by atoms with Crippen molar-refractivity contribution in [2.24, 2.45) is 11.8 Å². The van der Waals surface area contributed by atoms with E-state index >= 15 is 0 Å². The number of aryl methyl sites for hydroxylation is 2. The lowest BCUT2D eigenvalue weighted by Crippen LogP contribution is -2.27. The largest absolute Gasteiger partial charge is 0.0652 e. The molecule has 0 aliphatic heterocycles. The monoisotopic (exact) mass is 310 g/mol. The lowest BCUT2D eigenvalue weighted by atomic mass is 9.62. The van der Waals surface area contributed by atoms with Crippen LogP contribution in [-0.2, 0) is 0 Å². The number of hydrogen-bond donors (Lipinski definition) is 0. The van der Waals surface area contributed by atoms with E-state index in [4.69, 9.17) is 0 Å². The van der Waals surface area contributed by atoms with Crippen molar-refractivity contribution in [3.05, 3.63) is 82.0 Å². The maximum Gasteiger partial charge on any atom is 0.0204 e. The highest BCUT2D eigenvalue weighted by Crippen LogP contribution is 2.55. The molecule has 2 aromatic rings. The average Bonchev–Trinajstić information content (AvgIpc) is 2.57. The van der Waals surface area contributed by atoms with Gasteiger partial charge in [0.25, 0.3) is 0 Å². The molecule has 0 spiro atoms. The SMILES string of the molecule is CC1=CC=C2c3ccc(C)c4c(C)ccc(c34)C3=CC=C(C)C1C23. The van der Waals surface area contributed by atoms with Crippen LogP contribution in [0.5, 0.6) is 0 Å². The van der Waals surface area contributed by atoms with Gasteiger partial charge in [-0.15, -0.1) is 0 Å². The van der Waals surface area contributed by atoms with Gasteiger partial charge in [0.1, 0.15) is 0 Å². The van der Waals surface area contributed by atoms with Crippen molar-refractivity contribution >= 4 is 21.9 Å². The minimum absolute atomic E-state index is 0.487. The zero-order chi connectivity index (χ0) is 16.6. The highest BCUT2D eigenvalue weighted by atomic mass is 14.4. The Bertz CT molecular complexity index is 959. The molecule has 0 aromatic heterocycles. The van der Waals surface area contributed by atoms with Gasteiger partial charge in [0.2, 0.25) is 0 Å². The second-order valence-electron chi connectivity index (χ2n) is 7.63. The van der Waals surface area contributed by atoms with Crippen LogP contribution in [0.4, 0.5) is 0 Å². The Balaban J connectivity index is 1.98. The van der Waals surface area contributed by atoms with E-state index in [0.717, 1.165) is 0 Å². The van der Waals surface area contributed by atoms with Gasteiger partial charge in [-0.25, -0.2) is 0 Å². The molecule has 24 heavy (non-hydrogen) atoms. The first-order valence-electron chi connectivity index (χ1n) is 8.88. The Kier molecular flexibility index (Phi) is 2.69. The normalized spacial score (nSPS) is 24.0. The van der Waals surface area contributed by atoms with Crippen LogP contribution in [0, 0.1) is 25.7 Å². The summed E-state index contributed by atoms with van der Waals surface area (Å²) in [6, 6.07) is 9.30. The van der Waals surface area contributed by atoms with Crippen molar-refractivity contribution in [2.75, 3.05) is 0 Å². The van der Waals surface area contributed by atoms with Gasteiger partial charge in [0, 0.05) is 11.8 Å². The van der Waals surface area contributed by atoms with Gasteiger partial charge in [-0.1, -0.05) is 59.7 Å². The van der Waals surface area contributed by atoms with Crippen LogP contribution in [0.3, 0.4) is 0 Å². The molecular weight excluding hydrogens is 288 g/mol. The van der Waals surface area contributed by atoms with Gasteiger partial charge in [-0.2, -0.15) is 0 Å². The molecule has 118 valence electrons. The minimum Gasteiger partial charge on any atom is -0.0652 e. The first kappa shape index (κ1) is 14.0. The summed E-state index contributed by atoms with van der Waals surface area (Å²) >= 11 is 0. The zero-order valence-corrected chi connectivity index (χ0v) is 14.8. The maximum absolute atomic E-state index is 2.37. The van der Waals surface area contributed by atoms with E-state index in [0.29, 0.717) is 11.8 Å². The Morgan fingerprint density at radius 2 is 1.04 bits per heavy atom. The number of allylic oxidation sites excluding steroid dienone is 8. The third-order valence-electron chi connectivity index (χ3n) is 6.24. The topological polar surface area (TPSA) is 0 Å². The van der Waals surface area contributed by atoms with Crippen molar-refractivity contribution < 1.29 is 0 Å². The molecule has 0 bridgehead atoms. The molecule has 0 saturated carbocycles. The Labute approximate surface area is 143 Å². The first-order valence-corrected chi connectivity index (χ1v) is 8.88. The lowest BCUT2D eigenvalue weighted by Gasteiger charge is -2.41. The molecule has 0 N–H and O–H groups in total. The van der Waals surface area contributed by atoms with Crippen molar-refractivity contribution in [1.82, 2.24) is 0 Å². The summed E-state index contributed by atoms with van der Waals surface area (Å²) in [7, 11) is 0. The summed E-state index contributed by atoms with van der Waals surface area (Å²) in [4.78, 5) is 0. The van der Waals surface area contributed by atoms with Crippen LogP contribution in [0.2, 0.25) is 0 Å². The predicted molar refractivity (Wildman–Crippen MR) is 104 cm³/mol. The molecule has 0 amide bonds. The smallest absolute Gasteiger partial charge is 0.0204 e. The highest BCUT2D eigenvalue weighted by Gasteiger charge is 2.39. The summed E-state index contributed by atoms with van der Waals surface area (Å²) in [5.41, 5.74) is 11.6. The van der Waals surface area contributed by atoms with Crippen LogP contribution in [0.25, 0.3) is 21.9 Å². The Morgan fingerprint density at radius 1 is 0.542 bits per heavy atom. The van der Waals surface area contributed by atoms with Crippen LogP contribution >= 0.6 is 0 Å². The second-order valence-corrected chi connectivity index (χ2v) is 7.63. The Hall–Kier alpha value is -2.34. The van der Waals surface area contributed by atoms with E-state index < -0.39 is 0 Å². The first-order chi connectivity index (χ1) is 11.6. The van der Waals surface area contributed by atoms with E-state index in [1.54, 1.807) is 0 Å². The number of benzene rings is 2. The molecule has 0 fully saturated rings. The third-order valence-corrected chi connectivity index (χ3v) is 6.24. The van der Waals surface area contributed by atoms with Gasteiger partial charge in [0.05, 0.1) is 0 Å². The fourth-order valence-electron chi connectivity index (χ4n) is 5.13. The van der Waals surface area contributed by atoms with E-state index in [1.165, 1.54) is 55.3 Å². The predicted octanol–water partition coefficient (Wildman–Crippen LogP) is 6.39. The molecule has 3 aliphatic carbocycles. The number of fused-ring (bicyclic) bond motifs is 2. The molecule has 0 heterocycles. The summed E-state index contributed by atoms with van der Waals surface area (Å²) in [5, 5.41) is 2.91. The van der Waals surface area contributed by atoms with Gasteiger partial charge < -0.3 is 0 Å². The zero-order valence-electron chi connectivity index (χ0n) is 14.8. The lowest BCUT2D eigenvalue weighted by molar-refractivity contribution is 0.616. The molecule has 0 saturated heterocycles. The summed E-state index contributed by atoms with van der Waals surface area (Å²) in [6.07, 6.45) is 9.42. The van der Waals surface area contributed by atoms with Crippen molar-refractivity contribution in [1.29, 1.82) is 0 Å². The summed E-state index contributed by atoms with van der Waals surface area (Å²) < 4.78 is 0. The van der Waals surface area contributed by atoms with Crippen LogP contribution in [0.15, 0.2) is 59.7 Å². The van der Waals surface area contributed by atoms with Crippen LogP contribution in [-0.4, -0.2) is 0 Å². The molecule has 2 aromatic carbocycles. The number of rotatable bonds is 0. The quantitative estimate of drug-likeness (QED) is 0.529. The minimum atomic E-state index is 0.487. The number of hydrogen-bond acceptors (Lipinski definition) is 0. The fourth-order valence-corrected chi connectivity index (χ4v) is 5.13. The molecule has 0 unspecified atom stereocenters. The van der Waals surface area contributed by atoms with Gasteiger partial charge >= 0.3 is 0 Å². The molecular formula is C24H22. The molecule has 0 heteroatoms. The van der Waals surface area contributed by atoms with E-state index in [-0.39, 0.29) is 0 Å². The van der Waals surface area contributed by atoms with Crippen molar-refractivity contribution in [3.8, 4) is 0 Å². The molecule has 0 radical (unpaired) electrons. The second kappa shape index (κ2) is 4.60. The maximum atomic E-state index is 2.37. The van der Waals surface area contributed by atoms with Crippen LogP contribution in [0.1, 0.15) is 36.1 Å². The average molecular weight is 310 g/mol. The van der Waals surface area contributed by atoms with Crippen molar-refractivity contribution in [3.63, 3.8) is 0 Å². The molecule has 3 aliphatic rings. The molecule has 0 nitrogen and oxygen atoms in total. The van der Waals surface area contributed by atoms with Gasteiger partial charge in [-0.05, 0) is 71.9 Å². The highest BCUT2D eigenvalue weighted by molar-refractivity contribution is 6.11. The molecule has 5 rings (SSSR count). The van der Waals surface area contributed by atoms with Crippen molar-refractivity contribution in [2.45, 2.75) is 27.7 Å². The third kappa shape index (κ3) is 1.59. The van der Waals surface area contributed by atoms with E-state index in [2.05, 4.69) is 76.3 Å². The Morgan fingerprint density at radius 3 is 1.54 bits per heavy atom. The summed E-state index contributed by atoms with van der Waals surface area (Å²) in [6.45, 7) is 9.05. The van der Waals surface area contributed by atoms with Gasteiger partial charge in [-0.3, -0.25) is 0 Å². The fraction of sp³-hybridized carbons (Fsp3) is 0.250. The standard InChI is InChI=1S/C24H22/c1-13-5-9-17-19-11-7-15(3)22-16(4)8-12-20(24(19)22)18-10-6-14(2)21(13)23(17)18/h5-12,21,23H,1-4H3. The van der Waals surface area contributed by atoms with E-state index in [9.17, 15) is 0 Å². The van der Waals surface area contributed by atoms with Gasteiger partial charge in [0.15, 0.2) is 0 Å².